The van der Waals surface area contributed by atoms with Gasteiger partial charge >= 0.3 is 7.12 Å². The van der Waals surface area contributed by atoms with Crippen molar-refractivity contribution in [1.29, 1.82) is 5.26 Å². The van der Waals surface area contributed by atoms with Gasteiger partial charge in [0, 0.05) is 11.3 Å². The zero-order valence-corrected chi connectivity index (χ0v) is 11.1. The molecule has 0 radical (unpaired) electrons. The summed E-state index contributed by atoms with van der Waals surface area (Å²) in [5.74, 6) is 0. The summed E-state index contributed by atoms with van der Waals surface area (Å²) in [7, 11) is -1.59. The van der Waals surface area contributed by atoms with Crippen molar-refractivity contribution in [2.75, 3.05) is 0 Å². The van der Waals surface area contributed by atoms with Crippen LogP contribution in [0.1, 0.15) is 16.8 Å². The second-order valence-electron chi connectivity index (χ2n) is 4.63. The van der Waals surface area contributed by atoms with E-state index >= 15 is 0 Å². The molecule has 0 fully saturated rings. The number of pyridine rings is 1. The predicted octanol–water partition coefficient (Wildman–Crippen LogP) is 0.210. The van der Waals surface area contributed by atoms with Gasteiger partial charge in [0.25, 0.3) is 5.56 Å². The topological polar surface area (TPSA) is 97.1 Å². The number of nitriles is 1. The van der Waals surface area contributed by atoms with Gasteiger partial charge < -0.3 is 15.0 Å². The molecule has 0 saturated carbocycles. The number of aromatic amines is 1. The van der Waals surface area contributed by atoms with Crippen molar-refractivity contribution in [1.82, 2.24) is 4.98 Å². The summed E-state index contributed by atoms with van der Waals surface area (Å²) in [6.07, 6.45) is 0. The number of aryl methyl sites for hydroxylation is 2. The van der Waals surface area contributed by atoms with Crippen molar-refractivity contribution in [2.24, 2.45) is 0 Å². The molecular formula is C14H13BN2O3. The van der Waals surface area contributed by atoms with Crippen LogP contribution >= 0.6 is 0 Å². The molecule has 100 valence electrons. The highest BCUT2D eigenvalue weighted by Gasteiger charge is 2.16. The highest BCUT2D eigenvalue weighted by molar-refractivity contribution is 6.58. The smallest absolute Gasteiger partial charge is 0.423 e. The molecule has 2 rings (SSSR count). The lowest BCUT2D eigenvalue weighted by atomic mass is 9.78. The Bertz CT molecular complexity index is 760. The molecule has 0 bridgehead atoms. The second-order valence-corrected chi connectivity index (χ2v) is 4.63. The molecule has 3 N–H and O–H groups in total. The van der Waals surface area contributed by atoms with E-state index in [1.54, 1.807) is 31.2 Å². The second kappa shape index (κ2) is 5.33. The van der Waals surface area contributed by atoms with E-state index in [4.69, 9.17) is 5.26 Å². The summed E-state index contributed by atoms with van der Waals surface area (Å²) < 4.78 is 0. The van der Waals surface area contributed by atoms with Gasteiger partial charge in [0.1, 0.15) is 11.6 Å². The first kappa shape index (κ1) is 14.1. The molecule has 0 spiro atoms. The molecule has 0 saturated heterocycles. The van der Waals surface area contributed by atoms with Crippen molar-refractivity contribution >= 4 is 12.6 Å². The number of hydrogen-bond acceptors (Lipinski definition) is 4. The van der Waals surface area contributed by atoms with E-state index in [1.165, 1.54) is 0 Å². The minimum absolute atomic E-state index is 0.0169. The van der Waals surface area contributed by atoms with E-state index in [-0.39, 0.29) is 5.56 Å². The Balaban J connectivity index is 2.78. The summed E-state index contributed by atoms with van der Waals surface area (Å²) in [6, 6.07) is 8.50. The van der Waals surface area contributed by atoms with E-state index in [0.717, 1.165) is 5.56 Å². The molecule has 6 heteroatoms. The summed E-state index contributed by atoms with van der Waals surface area (Å²) in [6.45, 7) is 3.56. The van der Waals surface area contributed by atoms with E-state index in [9.17, 15) is 14.8 Å². The minimum atomic E-state index is -1.59. The van der Waals surface area contributed by atoms with Crippen LogP contribution in [0.4, 0.5) is 0 Å². The molecule has 2 aromatic rings. The molecule has 20 heavy (non-hydrogen) atoms. The quantitative estimate of drug-likeness (QED) is 0.678. The predicted molar refractivity (Wildman–Crippen MR) is 76.5 cm³/mol. The molecule has 0 atom stereocenters. The molecule has 0 aliphatic rings. The molecule has 0 aliphatic heterocycles. The fraction of sp³-hybridized carbons (Fsp3) is 0.143. The Morgan fingerprint density at radius 1 is 1.20 bits per heavy atom. The third-order valence-corrected chi connectivity index (χ3v) is 3.13. The van der Waals surface area contributed by atoms with Gasteiger partial charge in [0.15, 0.2) is 0 Å². The van der Waals surface area contributed by atoms with Gasteiger partial charge in [0.2, 0.25) is 0 Å². The highest BCUT2D eigenvalue weighted by Crippen LogP contribution is 2.24. The van der Waals surface area contributed by atoms with Crippen LogP contribution < -0.4 is 11.0 Å². The maximum absolute atomic E-state index is 11.8. The number of nitrogens with one attached hydrogen (secondary N) is 1. The lowest BCUT2D eigenvalue weighted by Gasteiger charge is -2.11. The van der Waals surface area contributed by atoms with Crippen LogP contribution in [0.2, 0.25) is 0 Å². The Morgan fingerprint density at radius 3 is 2.50 bits per heavy atom. The zero-order valence-electron chi connectivity index (χ0n) is 11.1. The fourth-order valence-corrected chi connectivity index (χ4v) is 2.10. The summed E-state index contributed by atoms with van der Waals surface area (Å²) >= 11 is 0. The zero-order chi connectivity index (χ0) is 14.9. The standard InChI is InChI=1S/C14H13BN2O3/c1-8-3-4-10(15(19)20)6-11(8)12-5-9(2)17-14(18)13(12)7-16/h3-6,19-20H,1-2H3,(H,17,18). The molecule has 1 heterocycles. The molecular weight excluding hydrogens is 255 g/mol. The Labute approximate surface area is 116 Å². The first-order valence-electron chi connectivity index (χ1n) is 6.05. The number of benzene rings is 1. The lowest BCUT2D eigenvalue weighted by Crippen LogP contribution is -2.30. The van der Waals surface area contributed by atoms with Crippen LogP contribution in [0, 0.1) is 25.2 Å². The van der Waals surface area contributed by atoms with Gasteiger partial charge in [-0.2, -0.15) is 5.26 Å². The Kier molecular flexibility index (Phi) is 3.75. The largest absolute Gasteiger partial charge is 0.488 e. The fourth-order valence-electron chi connectivity index (χ4n) is 2.10. The van der Waals surface area contributed by atoms with Gasteiger partial charge in [0.05, 0.1) is 0 Å². The van der Waals surface area contributed by atoms with Crippen LogP contribution in [-0.4, -0.2) is 22.2 Å². The molecule has 0 amide bonds. The van der Waals surface area contributed by atoms with Crippen molar-refractivity contribution < 1.29 is 10.0 Å². The Morgan fingerprint density at radius 2 is 1.90 bits per heavy atom. The van der Waals surface area contributed by atoms with Gasteiger partial charge in [-0.25, -0.2) is 0 Å². The monoisotopic (exact) mass is 268 g/mol. The van der Waals surface area contributed by atoms with Crippen molar-refractivity contribution in [3.05, 3.63) is 51.4 Å². The van der Waals surface area contributed by atoms with Crippen LogP contribution in [-0.2, 0) is 0 Å². The van der Waals surface area contributed by atoms with Crippen LogP contribution in [0.25, 0.3) is 11.1 Å². The van der Waals surface area contributed by atoms with Gasteiger partial charge in [-0.15, -0.1) is 0 Å². The number of aromatic nitrogens is 1. The Hall–Kier alpha value is -2.36. The number of rotatable bonds is 2. The average molecular weight is 268 g/mol. The first-order chi connectivity index (χ1) is 9.43. The van der Waals surface area contributed by atoms with Crippen LogP contribution in [0.5, 0.6) is 0 Å². The van der Waals surface area contributed by atoms with Gasteiger partial charge in [-0.05, 0) is 36.5 Å². The molecule has 1 aromatic heterocycles. The van der Waals surface area contributed by atoms with E-state index < -0.39 is 12.7 Å². The first-order valence-corrected chi connectivity index (χ1v) is 6.05. The van der Waals surface area contributed by atoms with E-state index in [0.29, 0.717) is 22.3 Å². The van der Waals surface area contributed by atoms with Gasteiger partial charge in [-0.1, -0.05) is 18.2 Å². The SMILES string of the molecule is Cc1cc(-c2cc(B(O)O)ccc2C)c(C#N)c(=O)[nH]1. The normalized spacial score (nSPS) is 10.2. The maximum atomic E-state index is 11.8. The van der Waals surface area contributed by atoms with E-state index in [2.05, 4.69) is 4.98 Å². The van der Waals surface area contributed by atoms with Crippen LogP contribution in [0.3, 0.4) is 0 Å². The average Bonchev–Trinajstić information content (AvgIpc) is 2.38. The maximum Gasteiger partial charge on any atom is 0.488 e. The molecule has 0 unspecified atom stereocenters. The number of H-pyrrole nitrogens is 1. The third-order valence-electron chi connectivity index (χ3n) is 3.13. The number of nitrogens with zero attached hydrogens (tertiary/aromatic N) is 1. The van der Waals surface area contributed by atoms with Gasteiger partial charge in [-0.3, -0.25) is 4.79 Å². The highest BCUT2D eigenvalue weighted by atomic mass is 16.4. The number of hydrogen-bond donors (Lipinski definition) is 3. The molecule has 0 aliphatic carbocycles. The lowest BCUT2D eigenvalue weighted by molar-refractivity contribution is 0.426. The molecule has 1 aromatic carbocycles. The molecule has 5 nitrogen and oxygen atoms in total. The summed E-state index contributed by atoms with van der Waals surface area (Å²) in [5.41, 5.74) is 2.50. The summed E-state index contributed by atoms with van der Waals surface area (Å²) in [5, 5.41) is 27.6. The van der Waals surface area contributed by atoms with Crippen molar-refractivity contribution in [3.8, 4) is 17.2 Å². The third kappa shape index (κ3) is 2.50. The van der Waals surface area contributed by atoms with Crippen molar-refractivity contribution in [3.63, 3.8) is 0 Å². The van der Waals surface area contributed by atoms with Crippen molar-refractivity contribution in [2.45, 2.75) is 13.8 Å². The summed E-state index contributed by atoms with van der Waals surface area (Å²) in [4.78, 5) is 14.4. The van der Waals surface area contributed by atoms with E-state index in [1.807, 2.05) is 13.0 Å². The van der Waals surface area contributed by atoms with Crippen LogP contribution in [0.15, 0.2) is 29.1 Å². The minimum Gasteiger partial charge on any atom is -0.423 e.